The maximum absolute atomic E-state index is 12.6. The predicted octanol–water partition coefficient (Wildman–Crippen LogP) is 3.87. The largest absolute Gasteiger partial charge is 0.454 e. The highest BCUT2D eigenvalue weighted by Gasteiger charge is 2.16. The minimum Gasteiger partial charge on any atom is -0.454 e. The third-order valence-electron chi connectivity index (χ3n) is 4.12. The number of rotatable bonds is 7. The van der Waals surface area contributed by atoms with Crippen LogP contribution in [0.1, 0.15) is 35.7 Å². The molecule has 0 saturated heterocycles. The van der Waals surface area contributed by atoms with Gasteiger partial charge < -0.3 is 20.1 Å². The van der Waals surface area contributed by atoms with Gasteiger partial charge in [0.25, 0.3) is 11.8 Å². The molecular formula is C21H21BrN2O4. The third-order valence-corrected chi connectivity index (χ3v) is 4.65. The summed E-state index contributed by atoms with van der Waals surface area (Å²) in [6.07, 6.45) is 3.45. The first-order valence-corrected chi connectivity index (χ1v) is 9.82. The van der Waals surface area contributed by atoms with E-state index in [1.165, 1.54) is 0 Å². The Labute approximate surface area is 172 Å². The minimum atomic E-state index is -0.356. The minimum absolute atomic E-state index is 0.169. The summed E-state index contributed by atoms with van der Waals surface area (Å²) in [6.45, 7) is 2.76. The smallest absolute Gasteiger partial charge is 0.267 e. The Morgan fingerprint density at radius 2 is 1.86 bits per heavy atom. The van der Waals surface area contributed by atoms with Crippen molar-refractivity contribution < 1.29 is 19.1 Å². The van der Waals surface area contributed by atoms with E-state index in [0.717, 1.165) is 22.9 Å². The number of amides is 2. The van der Waals surface area contributed by atoms with Crippen LogP contribution in [0.3, 0.4) is 0 Å². The van der Waals surface area contributed by atoms with Crippen molar-refractivity contribution in [2.24, 2.45) is 0 Å². The van der Waals surface area contributed by atoms with Crippen LogP contribution >= 0.6 is 15.9 Å². The molecule has 0 saturated carbocycles. The lowest BCUT2D eigenvalue weighted by Crippen LogP contribution is -2.35. The van der Waals surface area contributed by atoms with E-state index in [1.807, 2.05) is 6.92 Å². The second kappa shape index (κ2) is 9.41. The van der Waals surface area contributed by atoms with Gasteiger partial charge in [0.15, 0.2) is 11.5 Å². The van der Waals surface area contributed by atoms with E-state index in [1.54, 1.807) is 48.5 Å². The molecule has 2 aromatic carbocycles. The summed E-state index contributed by atoms with van der Waals surface area (Å²) in [4.78, 5) is 25.2. The molecule has 1 aliphatic heterocycles. The number of hydrogen-bond acceptors (Lipinski definition) is 4. The molecule has 0 aliphatic carbocycles. The van der Waals surface area contributed by atoms with Crippen molar-refractivity contribution in [3.05, 3.63) is 63.8 Å². The number of hydrogen-bond donors (Lipinski definition) is 2. The highest BCUT2D eigenvalue weighted by molar-refractivity contribution is 9.10. The van der Waals surface area contributed by atoms with Crippen LogP contribution in [-0.2, 0) is 4.79 Å². The van der Waals surface area contributed by atoms with Crippen molar-refractivity contribution in [3.63, 3.8) is 0 Å². The summed E-state index contributed by atoms with van der Waals surface area (Å²) >= 11 is 3.34. The second-order valence-corrected chi connectivity index (χ2v) is 7.16. The molecule has 0 radical (unpaired) electrons. The van der Waals surface area contributed by atoms with E-state index in [9.17, 15) is 9.59 Å². The average Bonchev–Trinajstić information content (AvgIpc) is 3.16. The van der Waals surface area contributed by atoms with Gasteiger partial charge in [-0.05, 0) is 54.5 Å². The van der Waals surface area contributed by atoms with Crippen molar-refractivity contribution in [2.75, 3.05) is 13.3 Å². The Balaban J connectivity index is 1.82. The summed E-state index contributed by atoms with van der Waals surface area (Å²) in [5.41, 5.74) is 1.35. The molecule has 0 aromatic heterocycles. The molecule has 1 heterocycles. The Hall–Kier alpha value is -2.80. The summed E-state index contributed by atoms with van der Waals surface area (Å²) < 4.78 is 11.6. The Morgan fingerprint density at radius 3 is 2.61 bits per heavy atom. The molecule has 0 spiro atoms. The van der Waals surface area contributed by atoms with Crippen LogP contribution in [-0.4, -0.2) is 25.2 Å². The average molecular weight is 445 g/mol. The number of ether oxygens (including phenoxy) is 2. The maximum Gasteiger partial charge on any atom is 0.267 e. The lowest BCUT2D eigenvalue weighted by atomic mass is 10.1. The van der Waals surface area contributed by atoms with Crippen molar-refractivity contribution in [2.45, 2.75) is 19.8 Å². The fourth-order valence-corrected chi connectivity index (χ4v) is 2.86. The normalized spacial score (nSPS) is 12.6. The van der Waals surface area contributed by atoms with Crippen LogP contribution in [0.15, 0.2) is 52.6 Å². The van der Waals surface area contributed by atoms with Crippen molar-refractivity contribution in [1.29, 1.82) is 0 Å². The molecule has 0 unspecified atom stereocenters. The fraction of sp³-hybridized carbons (Fsp3) is 0.238. The molecule has 7 heteroatoms. The molecule has 0 fully saturated rings. The van der Waals surface area contributed by atoms with E-state index in [4.69, 9.17) is 9.47 Å². The van der Waals surface area contributed by atoms with Gasteiger partial charge in [-0.25, -0.2) is 0 Å². The second-order valence-electron chi connectivity index (χ2n) is 6.24. The standard InChI is InChI=1S/C21H21BrN2O4/c1-2-3-10-23-21(26)17(24-20(25)15-5-7-16(22)8-6-15)11-14-4-9-18-19(12-14)28-13-27-18/h4-9,11-12H,2-3,10,13H2,1H3,(H,23,26)(H,24,25)/b17-11-. The maximum atomic E-state index is 12.6. The lowest BCUT2D eigenvalue weighted by molar-refractivity contribution is -0.117. The van der Waals surface area contributed by atoms with Gasteiger partial charge >= 0.3 is 0 Å². The van der Waals surface area contributed by atoms with Crippen molar-refractivity contribution in [3.8, 4) is 11.5 Å². The molecule has 6 nitrogen and oxygen atoms in total. The quantitative estimate of drug-likeness (QED) is 0.501. The van der Waals surface area contributed by atoms with Crippen LogP contribution in [0.2, 0.25) is 0 Å². The van der Waals surface area contributed by atoms with E-state index >= 15 is 0 Å². The number of benzene rings is 2. The van der Waals surface area contributed by atoms with Crippen LogP contribution in [0.25, 0.3) is 6.08 Å². The highest BCUT2D eigenvalue weighted by Crippen LogP contribution is 2.33. The first-order valence-electron chi connectivity index (χ1n) is 9.03. The summed E-state index contributed by atoms with van der Waals surface area (Å²) in [7, 11) is 0. The number of carbonyl (C=O) groups excluding carboxylic acids is 2. The summed E-state index contributed by atoms with van der Waals surface area (Å²) in [5.74, 6) is 0.574. The van der Waals surface area contributed by atoms with Gasteiger partial charge in [0.05, 0.1) is 0 Å². The number of carbonyl (C=O) groups is 2. The van der Waals surface area contributed by atoms with Gasteiger partial charge in [0.2, 0.25) is 6.79 Å². The summed E-state index contributed by atoms with van der Waals surface area (Å²) in [6, 6.07) is 12.3. The van der Waals surface area contributed by atoms with Gasteiger partial charge in [-0.15, -0.1) is 0 Å². The first-order chi connectivity index (χ1) is 13.6. The van der Waals surface area contributed by atoms with E-state index < -0.39 is 0 Å². The van der Waals surface area contributed by atoms with E-state index in [0.29, 0.717) is 23.6 Å². The van der Waals surface area contributed by atoms with E-state index in [2.05, 4.69) is 26.6 Å². The van der Waals surface area contributed by atoms with Crippen molar-refractivity contribution in [1.82, 2.24) is 10.6 Å². The zero-order valence-electron chi connectivity index (χ0n) is 15.5. The molecule has 2 N–H and O–H groups in total. The SMILES string of the molecule is CCCCNC(=O)/C(=C/c1ccc2c(c1)OCO2)NC(=O)c1ccc(Br)cc1. The first kappa shape index (κ1) is 19.9. The third kappa shape index (κ3) is 5.13. The van der Waals surface area contributed by atoms with Crippen LogP contribution < -0.4 is 20.1 Å². The molecule has 1 aliphatic rings. The molecule has 2 amide bonds. The topological polar surface area (TPSA) is 76.7 Å². The van der Waals surface area contributed by atoms with Gasteiger partial charge in [-0.3, -0.25) is 9.59 Å². The Bertz CT molecular complexity index is 894. The Morgan fingerprint density at radius 1 is 1.11 bits per heavy atom. The van der Waals surface area contributed by atoms with Gasteiger partial charge in [0.1, 0.15) is 5.70 Å². The zero-order chi connectivity index (χ0) is 19.9. The molecule has 3 rings (SSSR count). The molecule has 0 atom stereocenters. The molecule has 0 bridgehead atoms. The molecule has 28 heavy (non-hydrogen) atoms. The van der Waals surface area contributed by atoms with Crippen molar-refractivity contribution >= 4 is 33.8 Å². The molecule has 146 valence electrons. The van der Waals surface area contributed by atoms with Gasteiger partial charge in [-0.2, -0.15) is 0 Å². The molecule has 2 aromatic rings. The monoisotopic (exact) mass is 444 g/mol. The number of unbranched alkanes of at least 4 members (excludes halogenated alkanes) is 1. The number of halogens is 1. The highest BCUT2D eigenvalue weighted by atomic mass is 79.9. The van der Waals surface area contributed by atoms with Crippen LogP contribution in [0.5, 0.6) is 11.5 Å². The number of fused-ring (bicyclic) bond motifs is 1. The van der Waals surface area contributed by atoms with Gasteiger partial charge in [-0.1, -0.05) is 35.3 Å². The summed E-state index contributed by atoms with van der Waals surface area (Å²) in [5, 5.41) is 5.56. The zero-order valence-corrected chi connectivity index (χ0v) is 17.0. The van der Waals surface area contributed by atoms with E-state index in [-0.39, 0.29) is 24.3 Å². The molecular weight excluding hydrogens is 424 g/mol. The van der Waals surface area contributed by atoms with Gasteiger partial charge in [0, 0.05) is 16.6 Å². The number of nitrogens with one attached hydrogen (secondary N) is 2. The van der Waals surface area contributed by atoms with Crippen LogP contribution in [0.4, 0.5) is 0 Å². The fourth-order valence-electron chi connectivity index (χ4n) is 2.60. The Kier molecular flexibility index (Phi) is 6.71. The van der Waals surface area contributed by atoms with Crippen LogP contribution in [0, 0.1) is 0 Å². The lowest BCUT2D eigenvalue weighted by Gasteiger charge is -2.11. The predicted molar refractivity (Wildman–Crippen MR) is 110 cm³/mol.